The Bertz CT molecular complexity index is 5200. The normalized spacial score (nSPS) is 14.8. The third-order valence-corrected chi connectivity index (χ3v) is 61.2. The smallest absolute Gasteiger partial charge is 0.260 e. The van der Waals surface area contributed by atoms with E-state index in [-0.39, 0.29) is 55.7 Å². The number of benzene rings is 9. The van der Waals surface area contributed by atoms with Gasteiger partial charge in [0.1, 0.15) is 9.98 Å². The van der Waals surface area contributed by atoms with Gasteiger partial charge in [0.25, 0.3) is 5.91 Å². The quantitative estimate of drug-likeness (QED) is 0.0381. The monoisotopic (exact) mass is 2010 g/mol. The van der Waals surface area contributed by atoms with Crippen LogP contribution in [0.15, 0.2) is 233 Å². The second-order valence-electron chi connectivity index (χ2n) is 26.8. The average molecular weight is 2020 g/mol. The van der Waals surface area contributed by atoms with E-state index >= 15 is 0 Å². The summed E-state index contributed by atoms with van der Waals surface area (Å²) in [6.07, 6.45) is 6.06. The molecule has 38 heteroatoms. The van der Waals surface area contributed by atoms with Gasteiger partial charge in [0.15, 0.2) is 0 Å². The number of piperidine rings is 3. The summed E-state index contributed by atoms with van der Waals surface area (Å²) >= 11 is 45.8. The molecule has 0 bridgehead atoms. The molecule has 3 aliphatic rings. The van der Waals surface area contributed by atoms with Crippen LogP contribution in [0.2, 0.25) is 15.1 Å². The minimum Gasteiger partial charge on any atom is -0.392 e. The summed E-state index contributed by atoms with van der Waals surface area (Å²) in [4.78, 5) is 21.7. The first-order valence-electron chi connectivity index (χ1n) is 37.5. The number of aliphatic hydroxyl groups is 3. The summed E-state index contributed by atoms with van der Waals surface area (Å²) < 4.78 is 84.0. The van der Waals surface area contributed by atoms with Crippen molar-refractivity contribution in [1.29, 1.82) is 0 Å². The Hall–Kier alpha value is -3.76. The molecule has 0 aliphatic carbocycles. The van der Waals surface area contributed by atoms with Crippen molar-refractivity contribution >= 4 is 248 Å². The molecule has 12 rings (SSSR count). The van der Waals surface area contributed by atoms with Gasteiger partial charge in [0.05, 0.1) is 62.1 Å². The maximum Gasteiger partial charge on any atom is 0.260 e. The molecule has 0 unspecified atom stereocenters. The van der Waals surface area contributed by atoms with Crippen LogP contribution in [0, 0.1) is 0 Å². The Morgan fingerprint density at radius 3 is 0.958 bits per heavy atom. The Balaban J connectivity index is 0.000000188. The van der Waals surface area contributed by atoms with Crippen molar-refractivity contribution in [1.82, 2.24) is 12.9 Å². The summed E-state index contributed by atoms with van der Waals surface area (Å²) in [5.74, 6) is -0.233. The lowest BCUT2D eigenvalue weighted by Gasteiger charge is -2.39. The maximum absolute atomic E-state index is 13.6. The third kappa shape index (κ3) is 27.6. The van der Waals surface area contributed by atoms with E-state index in [1.807, 2.05) is 164 Å². The van der Waals surface area contributed by atoms with Crippen LogP contribution in [0.5, 0.6) is 0 Å². The minimum absolute atomic E-state index is 0.00710. The molecule has 3 aliphatic heterocycles. The highest BCUT2D eigenvalue weighted by molar-refractivity contribution is 8.87. The molecule has 16 nitrogen and oxygen atoms in total. The van der Waals surface area contributed by atoms with Gasteiger partial charge in [-0.05, 0) is 262 Å². The van der Waals surface area contributed by atoms with E-state index in [0.717, 1.165) is 89.2 Å². The lowest BCUT2D eigenvalue weighted by molar-refractivity contribution is 0.0968. The zero-order valence-corrected chi connectivity index (χ0v) is 82.8. The average Bonchev–Trinajstić information content (AvgIpc) is 0.790. The Labute approximate surface area is 766 Å². The molecule has 9 aromatic carbocycles. The van der Waals surface area contributed by atoms with Crippen LogP contribution in [-0.2, 0) is 167 Å². The second-order valence-corrected chi connectivity index (χ2v) is 60.5. The number of nitrogens with zero attached hydrogens (tertiary/aromatic N) is 6. The SMILES string of the molecule is CCc1ccc(S(=O)(=O)N2CCC(N(C(=O)c3ccccc3Cl)c3ccc(CO)cc3)CC2)cc1.CCc1ccc(S(=O)(=O)N2CCC(N(C(=S)c3ccccc3Cl)c3ccc(CO)cc3)CC2)cc1.CCc1ccc(S(=O)(=O)N2CCC(N(C(=S)c3ccccc3Cl)c3ccc(CO)cc3)CC2)cc1.S=PP(P=S)P=S=S=S=S=S=S=S=S. The number of aliphatic hydroxyl groups excluding tert-OH is 3. The molecule has 3 heterocycles. The molecule has 3 fully saturated rings. The largest absolute Gasteiger partial charge is 0.392 e. The molecule has 632 valence electrons. The highest BCUT2D eigenvalue weighted by Gasteiger charge is 2.38. The van der Waals surface area contributed by atoms with Crippen molar-refractivity contribution in [2.75, 3.05) is 54.0 Å². The van der Waals surface area contributed by atoms with Crippen molar-refractivity contribution in [2.45, 2.75) is 131 Å². The number of hydrogen-bond acceptors (Lipinski definition) is 15. The molecule has 0 aromatic heterocycles. The van der Waals surface area contributed by atoms with Crippen LogP contribution < -0.4 is 14.7 Å². The van der Waals surface area contributed by atoms with Gasteiger partial charge < -0.3 is 30.0 Å². The predicted molar refractivity (Wildman–Crippen MR) is 531 cm³/mol. The van der Waals surface area contributed by atoms with Crippen LogP contribution in [0.3, 0.4) is 0 Å². The highest BCUT2D eigenvalue weighted by atomic mass is 35.5. The number of sulfonamides is 3. The predicted octanol–water partition coefficient (Wildman–Crippen LogP) is 19.2. The van der Waals surface area contributed by atoms with Gasteiger partial charge in [0.2, 0.25) is 30.1 Å². The van der Waals surface area contributed by atoms with Gasteiger partial charge in [-0.1, -0.05) is 225 Å². The standard InChI is InChI=1S/C27H29ClN2O4S.2C27H29ClN2O3S2.P4S10/c1-2-20-9-13-24(14-10-20)35(33,34)29-17-15-23(16-18-29)30(22-11-7-21(19-31)8-12-22)27(32)25-5-3-4-6-26(25)28;2*1-2-20-9-13-24(14-10-20)35(32,33)29-17-15-23(16-18-29)30(22-11-7-21(19-31)8-12-22)27(34)25-5-3-4-6-26(25)28;5-1-4(2-6)3-8-10-12-14-13-11-9-7/h3*3-14,23,31H,2,15-19H2,1H3;. The number of halogens is 3. The number of carbonyl (C=O) groups excluding carboxylic acids is 1. The van der Waals surface area contributed by atoms with Gasteiger partial charge in [-0.15, -0.1) is 0 Å². The molecule has 119 heavy (non-hydrogen) atoms. The van der Waals surface area contributed by atoms with E-state index < -0.39 is 30.1 Å². The molecular formula is C81H87Cl3N6O10P4S15. The molecular weight excluding hydrogens is 1930 g/mol. The lowest BCUT2D eigenvalue weighted by Crippen LogP contribution is -2.49. The van der Waals surface area contributed by atoms with Crippen LogP contribution in [0.1, 0.15) is 114 Å². The fourth-order valence-electron chi connectivity index (χ4n) is 13.4. The number of hydrogen-bond donors (Lipinski definition) is 3. The van der Waals surface area contributed by atoms with Gasteiger partial charge in [-0.3, -0.25) is 4.79 Å². The zero-order chi connectivity index (χ0) is 85.7. The summed E-state index contributed by atoms with van der Waals surface area (Å²) in [5, 5.41) is 29.8. The molecule has 3 N–H and O–H groups in total. The van der Waals surface area contributed by atoms with E-state index in [9.17, 15) is 45.4 Å². The third-order valence-electron chi connectivity index (χ3n) is 19.9. The molecule has 0 atom stereocenters. The van der Waals surface area contributed by atoms with Crippen LogP contribution >= 0.6 is 87.4 Å². The first-order valence-corrected chi connectivity index (χ1v) is 62.3. The first kappa shape index (κ1) is 99.0. The Morgan fingerprint density at radius 1 is 0.403 bits per heavy atom. The summed E-state index contributed by atoms with van der Waals surface area (Å²) in [7, 11) is 4.51. The van der Waals surface area contributed by atoms with Crippen molar-refractivity contribution in [2.24, 2.45) is 0 Å². The number of rotatable bonds is 24. The van der Waals surface area contributed by atoms with E-state index in [4.69, 9.17) is 94.0 Å². The van der Waals surface area contributed by atoms with E-state index in [1.165, 1.54) is 20.2 Å². The maximum atomic E-state index is 13.6. The van der Waals surface area contributed by atoms with Crippen LogP contribution in [0.25, 0.3) is 0 Å². The van der Waals surface area contributed by atoms with Crippen molar-refractivity contribution in [3.05, 3.63) is 284 Å². The summed E-state index contributed by atoms with van der Waals surface area (Å²) in [5.41, 5.74) is 10.1. The van der Waals surface area contributed by atoms with E-state index in [2.05, 4.69) is 9.80 Å². The van der Waals surface area contributed by atoms with Crippen LogP contribution in [0.4, 0.5) is 17.1 Å². The summed E-state index contributed by atoms with van der Waals surface area (Å²) in [6.45, 7) is 8.03. The van der Waals surface area contributed by atoms with Crippen molar-refractivity contribution in [3.8, 4) is 0 Å². The number of carbonyl (C=O) groups is 1. The first-order chi connectivity index (χ1) is 57.4. The Kier molecular flexibility index (Phi) is 41.6. The van der Waals surface area contributed by atoms with Gasteiger partial charge >= 0.3 is 0 Å². The highest BCUT2D eigenvalue weighted by Crippen LogP contribution is 2.69. The van der Waals surface area contributed by atoms with E-state index in [1.54, 1.807) is 143 Å². The molecule has 0 radical (unpaired) electrons. The lowest BCUT2D eigenvalue weighted by atomic mass is 10.0. The van der Waals surface area contributed by atoms with Gasteiger partial charge in [0, 0.05) is 107 Å². The van der Waals surface area contributed by atoms with Crippen molar-refractivity contribution in [3.63, 3.8) is 0 Å². The van der Waals surface area contributed by atoms with Crippen LogP contribution in [-0.4, -0.2) is 127 Å². The molecule has 3 saturated heterocycles. The number of amides is 1. The van der Waals surface area contributed by atoms with Crippen molar-refractivity contribution < 1.29 is 45.4 Å². The fourth-order valence-corrected chi connectivity index (χ4v) is 54.7. The zero-order valence-electron chi connectivity index (χ0n) is 64.7. The second kappa shape index (κ2) is 50.0. The number of anilines is 3. The number of aryl methyl sites for hydroxylation is 3. The van der Waals surface area contributed by atoms with E-state index in [0.29, 0.717) is 124 Å². The fraction of sp³-hybridized carbons (Fsp3) is 0.296. The topological polar surface area (TPSA) is 200 Å². The number of thiocarbonyl (C=S) groups is 2. The molecule has 9 aromatic rings. The molecule has 0 saturated carbocycles. The molecule has 1 amide bonds. The van der Waals surface area contributed by atoms with Gasteiger partial charge in [-0.25, -0.2) is 25.3 Å². The molecule has 0 spiro atoms. The minimum atomic E-state index is -3.61. The summed E-state index contributed by atoms with van der Waals surface area (Å²) in [6, 6.07) is 65.4. The Morgan fingerprint density at radius 2 is 0.672 bits per heavy atom. The van der Waals surface area contributed by atoms with Gasteiger partial charge in [-0.2, -0.15) is 12.9 Å².